The van der Waals surface area contributed by atoms with Gasteiger partial charge in [0, 0.05) is 0 Å². The summed E-state index contributed by atoms with van der Waals surface area (Å²) in [7, 11) is 0. The molecule has 4 aliphatic rings. The van der Waals surface area contributed by atoms with Gasteiger partial charge in [0.25, 0.3) is 0 Å². The average Bonchev–Trinajstić information content (AvgIpc) is 3.32. The lowest BCUT2D eigenvalue weighted by Gasteiger charge is -2.15. The molecule has 4 saturated carbocycles. The molecule has 0 heteroatoms. The van der Waals surface area contributed by atoms with E-state index < -0.39 is 0 Å². The number of benzene rings is 3. The highest BCUT2D eigenvalue weighted by atomic mass is 14.6. The van der Waals surface area contributed by atoms with Crippen LogP contribution in [0.1, 0.15) is 24.8 Å². The maximum absolute atomic E-state index is 2.60. The van der Waals surface area contributed by atoms with Crippen LogP contribution in [0.3, 0.4) is 0 Å². The van der Waals surface area contributed by atoms with Gasteiger partial charge in [0.15, 0.2) is 0 Å². The van der Waals surface area contributed by atoms with Crippen LogP contribution >= 0.6 is 0 Å². The molecule has 3 aromatic rings. The molecule has 0 N–H and O–H groups in total. The monoisotopic (exact) mass is 296 g/mol. The maximum atomic E-state index is 2.60. The number of allylic oxidation sites excluding steroid dienone is 1. The van der Waals surface area contributed by atoms with Crippen molar-refractivity contribution >= 4 is 27.6 Å². The minimum Gasteiger partial charge on any atom is -0.0628 e. The number of rotatable bonds is 1. The molecule has 7 rings (SSSR count). The Hall–Kier alpha value is -2.08. The smallest absolute Gasteiger partial charge is 0.00996 e. The summed E-state index contributed by atoms with van der Waals surface area (Å²) >= 11 is 0. The van der Waals surface area contributed by atoms with Crippen molar-refractivity contribution in [3.63, 3.8) is 0 Å². The van der Waals surface area contributed by atoms with Crippen LogP contribution in [-0.4, -0.2) is 0 Å². The lowest BCUT2D eigenvalue weighted by atomic mass is 9.90. The van der Waals surface area contributed by atoms with Crippen LogP contribution < -0.4 is 0 Å². The molecule has 4 fully saturated rings. The lowest BCUT2D eigenvalue weighted by molar-refractivity contribution is 0.457. The van der Waals surface area contributed by atoms with Crippen LogP contribution in [0.15, 0.2) is 60.2 Å². The molecular formula is C23H20. The van der Waals surface area contributed by atoms with E-state index in [-0.39, 0.29) is 0 Å². The molecule has 0 radical (unpaired) electrons. The Morgan fingerprint density at radius 2 is 1.26 bits per heavy atom. The molecule has 0 unspecified atom stereocenters. The van der Waals surface area contributed by atoms with Crippen molar-refractivity contribution in [2.75, 3.05) is 0 Å². The van der Waals surface area contributed by atoms with Crippen molar-refractivity contribution < 1.29 is 0 Å². The van der Waals surface area contributed by atoms with E-state index in [0.29, 0.717) is 0 Å². The summed E-state index contributed by atoms with van der Waals surface area (Å²) in [5, 5.41) is 5.57. The van der Waals surface area contributed by atoms with Gasteiger partial charge in [-0.2, -0.15) is 0 Å². The lowest BCUT2D eigenvalue weighted by Crippen LogP contribution is -2.02. The molecule has 0 aliphatic heterocycles. The van der Waals surface area contributed by atoms with Gasteiger partial charge < -0.3 is 0 Å². The summed E-state index contributed by atoms with van der Waals surface area (Å²) in [6.45, 7) is 0. The van der Waals surface area contributed by atoms with Gasteiger partial charge >= 0.3 is 0 Å². The molecule has 0 heterocycles. The van der Waals surface area contributed by atoms with Gasteiger partial charge in [0.05, 0.1) is 0 Å². The van der Waals surface area contributed by atoms with Gasteiger partial charge in [-0.3, -0.25) is 0 Å². The Bertz CT molecular complexity index is 906. The van der Waals surface area contributed by atoms with Crippen LogP contribution in [-0.2, 0) is 0 Å². The Kier molecular flexibility index (Phi) is 2.29. The third-order valence-electron chi connectivity index (χ3n) is 6.84. The largest absolute Gasteiger partial charge is 0.0628 e. The topological polar surface area (TPSA) is 0 Å². The maximum Gasteiger partial charge on any atom is -0.00996 e. The van der Waals surface area contributed by atoms with E-state index >= 15 is 0 Å². The van der Waals surface area contributed by atoms with Crippen molar-refractivity contribution in [2.24, 2.45) is 23.7 Å². The molecule has 0 amide bonds. The van der Waals surface area contributed by atoms with Gasteiger partial charge in [-0.1, -0.05) is 60.2 Å². The number of hydrogen-bond acceptors (Lipinski definition) is 0. The van der Waals surface area contributed by atoms with E-state index in [1.165, 1.54) is 46.4 Å². The summed E-state index contributed by atoms with van der Waals surface area (Å²) in [5.74, 6) is 3.83. The summed E-state index contributed by atoms with van der Waals surface area (Å²) in [4.78, 5) is 0. The Morgan fingerprint density at radius 1 is 0.696 bits per heavy atom. The molecule has 4 aliphatic carbocycles. The van der Waals surface area contributed by atoms with E-state index in [4.69, 9.17) is 0 Å². The first kappa shape index (κ1) is 12.4. The number of fused-ring (bicyclic) bond motifs is 2. The van der Waals surface area contributed by atoms with Crippen molar-refractivity contribution in [1.29, 1.82) is 0 Å². The minimum absolute atomic E-state index is 0.905. The highest BCUT2D eigenvalue weighted by Gasteiger charge is 2.56. The molecule has 3 aromatic carbocycles. The van der Waals surface area contributed by atoms with Crippen molar-refractivity contribution in [1.82, 2.24) is 0 Å². The Balaban J connectivity index is 1.67. The normalized spacial score (nSPS) is 30.9. The number of hydrogen-bond donors (Lipinski definition) is 0. The van der Waals surface area contributed by atoms with Crippen LogP contribution in [0, 0.1) is 23.7 Å². The highest BCUT2D eigenvalue weighted by Crippen LogP contribution is 2.66. The second kappa shape index (κ2) is 4.26. The fourth-order valence-electron chi connectivity index (χ4n) is 5.95. The van der Waals surface area contributed by atoms with Crippen molar-refractivity contribution in [3.05, 3.63) is 65.7 Å². The zero-order valence-corrected chi connectivity index (χ0v) is 13.2. The third kappa shape index (κ3) is 1.57. The highest BCUT2D eigenvalue weighted by molar-refractivity contribution is 6.06. The van der Waals surface area contributed by atoms with E-state index in [1.54, 1.807) is 5.57 Å². The van der Waals surface area contributed by atoms with Gasteiger partial charge in [-0.25, -0.2) is 0 Å². The molecule has 0 aromatic heterocycles. The molecule has 4 bridgehead atoms. The minimum atomic E-state index is 0.905. The van der Waals surface area contributed by atoms with Crippen molar-refractivity contribution in [3.8, 4) is 0 Å². The first-order chi connectivity index (χ1) is 11.4. The van der Waals surface area contributed by atoms with Gasteiger partial charge in [0.1, 0.15) is 0 Å². The van der Waals surface area contributed by atoms with E-state index in [0.717, 1.165) is 23.7 Å². The van der Waals surface area contributed by atoms with Gasteiger partial charge in [0.2, 0.25) is 0 Å². The summed E-state index contributed by atoms with van der Waals surface area (Å²) < 4.78 is 0. The van der Waals surface area contributed by atoms with Crippen LogP contribution in [0.2, 0.25) is 0 Å². The molecule has 112 valence electrons. The molecule has 23 heavy (non-hydrogen) atoms. The van der Waals surface area contributed by atoms with Crippen LogP contribution in [0.4, 0.5) is 0 Å². The molecule has 4 atom stereocenters. The SMILES string of the molecule is C(=C1[C@H]2C[C@@H]3C[C@H]2C[C@H]13)c1c2ccccc2cc2ccccc12. The van der Waals surface area contributed by atoms with Crippen LogP contribution in [0.25, 0.3) is 27.6 Å². The summed E-state index contributed by atoms with van der Waals surface area (Å²) in [6, 6.07) is 20.1. The fourth-order valence-corrected chi connectivity index (χ4v) is 5.95. The first-order valence-corrected chi connectivity index (χ1v) is 9.00. The van der Waals surface area contributed by atoms with E-state index in [2.05, 4.69) is 60.7 Å². The molecule has 0 nitrogen and oxygen atoms in total. The standard InChI is InChI=1S/C23H20/c1-3-7-18-14(5-1)9-15-6-2-4-8-19(15)22(18)13-23-20-11-16-10-17(20)12-21(16)23/h1-9,13,16-17,20-21H,10-12H2/t16-,17-,20-,21-/m0/s1. The molecule has 0 saturated heterocycles. The Morgan fingerprint density at radius 3 is 1.83 bits per heavy atom. The predicted molar refractivity (Wildman–Crippen MR) is 97.2 cm³/mol. The fraction of sp³-hybridized carbons (Fsp3) is 0.304. The van der Waals surface area contributed by atoms with Gasteiger partial charge in [-0.05, 0) is 76.1 Å². The average molecular weight is 296 g/mol. The van der Waals surface area contributed by atoms with E-state index in [1.807, 2.05) is 0 Å². The molecule has 0 spiro atoms. The predicted octanol–water partition coefficient (Wildman–Crippen LogP) is 6.05. The second-order valence-corrected chi connectivity index (χ2v) is 7.82. The quantitative estimate of drug-likeness (QED) is 0.479. The summed E-state index contributed by atoms with van der Waals surface area (Å²) in [5.41, 5.74) is 3.25. The Labute approximate surface area is 136 Å². The second-order valence-electron chi connectivity index (χ2n) is 7.82. The third-order valence-corrected chi connectivity index (χ3v) is 6.84. The van der Waals surface area contributed by atoms with Crippen LogP contribution in [0.5, 0.6) is 0 Å². The van der Waals surface area contributed by atoms with Crippen molar-refractivity contribution in [2.45, 2.75) is 19.3 Å². The summed E-state index contributed by atoms with van der Waals surface area (Å²) in [6.07, 6.45) is 7.07. The van der Waals surface area contributed by atoms with Gasteiger partial charge in [-0.15, -0.1) is 0 Å². The zero-order chi connectivity index (χ0) is 15.0. The van der Waals surface area contributed by atoms with E-state index in [9.17, 15) is 0 Å². The molecular weight excluding hydrogens is 276 g/mol. The zero-order valence-electron chi connectivity index (χ0n) is 13.2. The first-order valence-electron chi connectivity index (χ1n) is 9.00.